The van der Waals surface area contributed by atoms with Crippen molar-refractivity contribution in [3.63, 3.8) is 0 Å². The van der Waals surface area contributed by atoms with E-state index in [2.05, 4.69) is 15.9 Å². The van der Waals surface area contributed by atoms with Crippen LogP contribution in [0.1, 0.15) is 12.5 Å². The summed E-state index contributed by atoms with van der Waals surface area (Å²) in [5, 5.41) is 19.0. The van der Waals surface area contributed by atoms with Gasteiger partial charge in [-0.1, -0.05) is 53.2 Å². The van der Waals surface area contributed by atoms with Gasteiger partial charge in [-0.3, -0.25) is 4.79 Å². The largest absolute Gasteiger partial charge is 0.480 e. The first-order chi connectivity index (χ1) is 9.39. The third-order valence-electron chi connectivity index (χ3n) is 3.66. The zero-order valence-corrected chi connectivity index (χ0v) is 12.3. The maximum atomic E-state index is 11.9. The fraction of sp³-hybridized carbons (Fsp3) is 0.200. The molecule has 0 saturated carbocycles. The second-order valence-electron chi connectivity index (χ2n) is 4.70. The van der Waals surface area contributed by atoms with Crippen LogP contribution in [0.3, 0.4) is 0 Å². The molecule has 1 aromatic carbocycles. The first-order valence-electron chi connectivity index (χ1n) is 6.01. The summed E-state index contributed by atoms with van der Waals surface area (Å²) in [4.78, 5) is 23.3. The van der Waals surface area contributed by atoms with Crippen LogP contribution in [0.2, 0.25) is 0 Å². The predicted molar refractivity (Wildman–Crippen MR) is 77.6 cm³/mol. The molecule has 0 aromatic heterocycles. The highest BCUT2D eigenvalue weighted by Crippen LogP contribution is 2.43. The third-order valence-corrected chi connectivity index (χ3v) is 4.12. The Morgan fingerprint density at radius 2 is 1.80 bits per heavy atom. The van der Waals surface area contributed by atoms with Gasteiger partial charge < -0.3 is 10.2 Å². The smallest absolute Gasteiger partial charge is 0.331 e. The molecule has 0 fully saturated rings. The van der Waals surface area contributed by atoms with Crippen LogP contribution in [-0.2, 0) is 15.0 Å². The molecule has 4 nitrogen and oxygen atoms in total. The molecule has 1 aliphatic rings. The van der Waals surface area contributed by atoms with E-state index in [0.29, 0.717) is 10.0 Å². The monoisotopic (exact) mass is 336 g/mol. The SMILES string of the molecule is CC1C(C(=O)O)=CC(Br)=CC1(C(=O)O)c1ccccc1. The van der Waals surface area contributed by atoms with Crippen LogP contribution in [0.25, 0.3) is 0 Å². The fourth-order valence-corrected chi connectivity index (χ4v) is 3.18. The second kappa shape index (κ2) is 5.25. The predicted octanol–water partition coefficient (Wildman–Crippen LogP) is 2.95. The van der Waals surface area contributed by atoms with E-state index in [4.69, 9.17) is 0 Å². The van der Waals surface area contributed by atoms with Crippen molar-refractivity contribution in [2.24, 2.45) is 5.92 Å². The molecule has 0 radical (unpaired) electrons. The summed E-state index contributed by atoms with van der Waals surface area (Å²) in [6.07, 6.45) is 3.01. The van der Waals surface area contributed by atoms with Crippen molar-refractivity contribution < 1.29 is 19.8 Å². The average molecular weight is 337 g/mol. The quantitative estimate of drug-likeness (QED) is 0.889. The van der Waals surface area contributed by atoms with E-state index in [-0.39, 0.29) is 5.57 Å². The molecule has 2 atom stereocenters. The minimum Gasteiger partial charge on any atom is -0.480 e. The van der Waals surface area contributed by atoms with Crippen LogP contribution in [0, 0.1) is 5.92 Å². The number of halogens is 1. The number of aliphatic carboxylic acids is 2. The van der Waals surface area contributed by atoms with Crippen LogP contribution in [0.4, 0.5) is 0 Å². The number of hydrogen-bond donors (Lipinski definition) is 2. The molecular weight excluding hydrogens is 324 g/mol. The molecule has 104 valence electrons. The molecule has 20 heavy (non-hydrogen) atoms. The van der Waals surface area contributed by atoms with Crippen molar-refractivity contribution in [2.75, 3.05) is 0 Å². The lowest BCUT2D eigenvalue weighted by atomic mass is 9.66. The molecule has 2 N–H and O–H groups in total. The third kappa shape index (κ3) is 2.18. The van der Waals surface area contributed by atoms with Crippen molar-refractivity contribution in [1.82, 2.24) is 0 Å². The summed E-state index contributed by atoms with van der Waals surface area (Å²) >= 11 is 3.22. The topological polar surface area (TPSA) is 74.6 Å². The maximum absolute atomic E-state index is 11.9. The second-order valence-corrected chi connectivity index (χ2v) is 5.61. The van der Waals surface area contributed by atoms with Gasteiger partial charge in [0.15, 0.2) is 0 Å². The molecule has 2 rings (SSSR count). The normalized spacial score (nSPS) is 25.6. The summed E-state index contributed by atoms with van der Waals surface area (Å²) in [7, 11) is 0. The average Bonchev–Trinajstić information content (AvgIpc) is 2.41. The van der Waals surface area contributed by atoms with Gasteiger partial charge in [0.25, 0.3) is 0 Å². The first-order valence-corrected chi connectivity index (χ1v) is 6.81. The molecule has 0 heterocycles. The molecule has 0 spiro atoms. The van der Waals surface area contributed by atoms with Gasteiger partial charge in [-0.05, 0) is 17.7 Å². The van der Waals surface area contributed by atoms with E-state index in [1.807, 2.05) is 0 Å². The summed E-state index contributed by atoms with van der Waals surface area (Å²) in [6, 6.07) is 8.68. The zero-order valence-electron chi connectivity index (χ0n) is 10.7. The number of rotatable bonds is 3. The first kappa shape index (κ1) is 14.5. The molecule has 1 aromatic rings. The Bertz CT molecular complexity index is 618. The van der Waals surface area contributed by atoms with Crippen LogP contribution in [0.5, 0.6) is 0 Å². The van der Waals surface area contributed by atoms with Crippen molar-refractivity contribution in [1.29, 1.82) is 0 Å². The Hall–Kier alpha value is -1.88. The van der Waals surface area contributed by atoms with Gasteiger partial charge in [0.1, 0.15) is 5.41 Å². The van der Waals surface area contributed by atoms with Gasteiger partial charge in [0.2, 0.25) is 0 Å². The number of benzene rings is 1. The number of carboxylic acid groups (broad SMARTS) is 2. The summed E-state index contributed by atoms with van der Waals surface area (Å²) < 4.78 is 0.458. The molecule has 1 aliphatic carbocycles. The molecule has 0 aliphatic heterocycles. The number of carboxylic acids is 2. The Morgan fingerprint density at radius 3 is 2.30 bits per heavy atom. The summed E-state index contributed by atoms with van der Waals surface area (Å²) in [5.41, 5.74) is -0.753. The Morgan fingerprint density at radius 1 is 1.20 bits per heavy atom. The molecule has 2 unspecified atom stereocenters. The molecule has 0 bridgehead atoms. The van der Waals surface area contributed by atoms with Crippen LogP contribution < -0.4 is 0 Å². The van der Waals surface area contributed by atoms with Crippen molar-refractivity contribution >= 4 is 27.9 Å². The molecule has 5 heteroatoms. The van der Waals surface area contributed by atoms with Crippen LogP contribution in [-0.4, -0.2) is 22.2 Å². The molecular formula is C15H13BrO4. The van der Waals surface area contributed by atoms with Gasteiger partial charge in [0, 0.05) is 16.0 Å². The fourth-order valence-electron chi connectivity index (χ4n) is 2.57. The van der Waals surface area contributed by atoms with Gasteiger partial charge in [-0.2, -0.15) is 0 Å². The highest BCUT2D eigenvalue weighted by Gasteiger charge is 2.48. The standard InChI is InChI=1S/C15H13BrO4/c1-9-12(13(17)18)7-11(16)8-15(9,14(19)20)10-5-3-2-4-6-10/h2-9H,1H3,(H,17,18)(H,19,20). The zero-order chi connectivity index (χ0) is 14.9. The van der Waals surface area contributed by atoms with Crippen molar-refractivity contribution in [3.8, 4) is 0 Å². The highest BCUT2D eigenvalue weighted by molar-refractivity contribution is 9.11. The minimum absolute atomic E-state index is 0.0747. The van der Waals surface area contributed by atoms with Gasteiger partial charge in [-0.15, -0.1) is 0 Å². The Labute approximate surface area is 124 Å². The lowest BCUT2D eigenvalue weighted by molar-refractivity contribution is -0.143. The van der Waals surface area contributed by atoms with Crippen molar-refractivity contribution in [2.45, 2.75) is 12.3 Å². The minimum atomic E-state index is -1.39. The Kier molecular flexibility index (Phi) is 3.81. The van der Waals surface area contributed by atoms with Gasteiger partial charge >= 0.3 is 11.9 Å². The number of allylic oxidation sites excluding steroid dienone is 2. The lowest BCUT2D eigenvalue weighted by Gasteiger charge is -2.36. The summed E-state index contributed by atoms with van der Waals surface area (Å²) in [6.45, 7) is 1.62. The van der Waals surface area contributed by atoms with Gasteiger partial charge in [-0.25, -0.2) is 4.79 Å². The van der Waals surface area contributed by atoms with Crippen LogP contribution >= 0.6 is 15.9 Å². The van der Waals surface area contributed by atoms with E-state index >= 15 is 0 Å². The molecule has 0 amide bonds. The van der Waals surface area contributed by atoms with Crippen molar-refractivity contribution in [3.05, 3.63) is 58.1 Å². The lowest BCUT2D eigenvalue weighted by Crippen LogP contribution is -2.43. The van der Waals surface area contributed by atoms with Crippen LogP contribution in [0.15, 0.2) is 52.5 Å². The summed E-state index contributed by atoms with van der Waals surface area (Å²) in [5.74, 6) is -2.86. The van der Waals surface area contributed by atoms with E-state index in [1.54, 1.807) is 43.3 Å². The maximum Gasteiger partial charge on any atom is 0.331 e. The number of carbonyl (C=O) groups is 2. The Balaban J connectivity index is 2.69. The van der Waals surface area contributed by atoms with E-state index in [1.165, 1.54) is 6.08 Å². The molecule has 0 saturated heterocycles. The van der Waals surface area contributed by atoms with E-state index < -0.39 is 23.3 Å². The van der Waals surface area contributed by atoms with E-state index in [9.17, 15) is 19.8 Å². The number of hydrogen-bond acceptors (Lipinski definition) is 2. The van der Waals surface area contributed by atoms with Gasteiger partial charge in [0.05, 0.1) is 0 Å². The van der Waals surface area contributed by atoms with E-state index in [0.717, 1.165) is 0 Å². The highest BCUT2D eigenvalue weighted by atomic mass is 79.9.